The molecule has 17 heavy (non-hydrogen) atoms. The molecule has 100 valence electrons. The van der Waals surface area contributed by atoms with Crippen LogP contribution in [-0.4, -0.2) is 17.5 Å². The van der Waals surface area contributed by atoms with E-state index in [4.69, 9.17) is 5.73 Å². The summed E-state index contributed by atoms with van der Waals surface area (Å²) in [6.45, 7) is 12.1. The lowest BCUT2D eigenvalue weighted by Crippen LogP contribution is -2.58. The number of carbonyl (C=O) groups excluding carboxylic acids is 1. The summed E-state index contributed by atoms with van der Waals surface area (Å²) in [7, 11) is 0. The molecule has 0 saturated heterocycles. The third-order valence-electron chi connectivity index (χ3n) is 4.74. The van der Waals surface area contributed by atoms with Crippen LogP contribution in [-0.2, 0) is 4.79 Å². The number of hydrogen-bond donors (Lipinski definition) is 2. The predicted octanol–water partition coefficient (Wildman–Crippen LogP) is 2.44. The van der Waals surface area contributed by atoms with Gasteiger partial charge in [-0.3, -0.25) is 4.79 Å². The Morgan fingerprint density at radius 1 is 1.29 bits per heavy atom. The van der Waals surface area contributed by atoms with Crippen LogP contribution in [0.4, 0.5) is 0 Å². The third-order valence-corrected chi connectivity index (χ3v) is 4.74. The minimum Gasteiger partial charge on any atom is -0.352 e. The van der Waals surface area contributed by atoms with Crippen LogP contribution >= 0.6 is 0 Å². The molecular formula is C14H28N2O. The number of nitrogens with one attached hydrogen (secondary N) is 1. The molecule has 0 heterocycles. The molecule has 0 bridgehead atoms. The number of hydrogen-bond acceptors (Lipinski definition) is 2. The molecule has 0 aromatic carbocycles. The second kappa shape index (κ2) is 4.27. The van der Waals surface area contributed by atoms with Crippen molar-refractivity contribution in [1.82, 2.24) is 5.32 Å². The van der Waals surface area contributed by atoms with Gasteiger partial charge in [-0.05, 0) is 46.0 Å². The molecule has 3 N–H and O–H groups in total. The van der Waals surface area contributed by atoms with Crippen molar-refractivity contribution in [2.24, 2.45) is 16.6 Å². The summed E-state index contributed by atoms with van der Waals surface area (Å²) in [5.41, 5.74) is 5.24. The van der Waals surface area contributed by atoms with Gasteiger partial charge in [-0.2, -0.15) is 0 Å². The first kappa shape index (κ1) is 14.5. The Bertz CT molecular complexity index is 300. The maximum absolute atomic E-state index is 12.4. The van der Waals surface area contributed by atoms with E-state index in [1.165, 1.54) is 12.8 Å². The number of carbonyl (C=O) groups is 1. The van der Waals surface area contributed by atoms with Crippen LogP contribution < -0.4 is 11.1 Å². The minimum absolute atomic E-state index is 0.0741. The highest BCUT2D eigenvalue weighted by atomic mass is 16.2. The van der Waals surface area contributed by atoms with Crippen LogP contribution in [0.5, 0.6) is 0 Å². The number of amides is 1. The monoisotopic (exact) mass is 240 g/mol. The largest absolute Gasteiger partial charge is 0.352 e. The van der Waals surface area contributed by atoms with E-state index in [-0.39, 0.29) is 17.4 Å². The summed E-state index contributed by atoms with van der Waals surface area (Å²) in [6.07, 6.45) is 3.47. The van der Waals surface area contributed by atoms with Crippen molar-refractivity contribution < 1.29 is 4.79 Å². The van der Waals surface area contributed by atoms with Crippen LogP contribution in [0.15, 0.2) is 0 Å². The average Bonchev–Trinajstić information content (AvgIpc) is 2.43. The zero-order chi connectivity index (χ0) is 13.5. The molecule has 1 amide bonds. The Hall–Kier alpha value is -0.570. The van der Waals surface area contributed by atoms with E-state index in [9.17, 15) is 4.79 Å². The van der Waals surface area contributed by atoms with E-state index in [1.807, 2.05) is 27.7 Å². The molecule has 1 saturated carbocycles. The molecule has 1 aliphatic rings. The van der Waals surface area contributed by atoms with Gasteiger partial charge >= 0.3 is 0 Å². The standard InChI is InChI=1S/C14H28N2O/c1-12(2)9-7-8-10(12)16-11(17)13(3,4)14(5,6)15/h10H,7-9,15H2,1-6H3,(H,16,17). The molecule has 3 heteroatoms. The van der Waals surface area contributed by atoms with Crippen molar-refractivity contribution in [3.05, 3.63) is 0 Å². The summed E-state index contributed by atoms with van der Waals surface area (Å²) in [4.78, 5) is 12.4. The minimum atomic E-state index is -0.550. The van der Waals surface area contributed by atoms with Crippen molar-refractivity contribution in [3.8, 4) is 0 Å². The fourth-order valence-corrected chi connectivity index (χ4v) is 2.23. The van der Waals surface area contributed by atoms with E-state index in [0.29, 0.717) is 0 Å². The van der Waals surface area contributed by atoms with Crippen LogP contribution in [0.2, 0.25) is 0 Å². The van der Waals surface area contributed by atoms with Crippen molar-refractivity contribution in [2.75, 3.05) is 0 Å². The van der Waals surface area contributed by atoms with Gasteiger partial charge in [-0.25, -0.2) is 0 Å². The Kier molecular flexibility index (Phi) is 3.64. The first-order chi connectivity index (χ1) is 7.48. The van der Waals surface area contributed by atoms with Gasteiger partial charge < -0.3 is 11.1 Å². The lowest BCUT2D eigenvalue weighted by molar-refractivity contribution is -0.133. The van der Waals surface area contributed by atoms with E-state index in [0.717, 1.165) is 6.42 Å². The van der Waals surface area contributed by atoms with Crippen molar-refractivity contribution >= 4 is 5.91 Å². The fourth-order valence-electron chi connectivity index (χ4n) is 2.23. The summed E-state index contributed by atoms with van der Waals surface area (Å²) in [5.74, 6) is 0.0741. The molecule has 0 aromatic rings. The lowest BCUT2D eigenvalue weighted by Gasteiger charge is -2.39. The molecule has 1 atom stereocenters. The van der Waals surface area contributed by atoms with Crippen LogP contribution in [0.25, 0.3) is 0 Å². The fraction of sp³-hybridized carbons (Fsp3) is 0.929. The molecule has 0 spiro atoms. The Labute approximate surface area is 106 Å². The van der Waals surface area contributed by atoms with E-state index < -0.39 is 11.0 Å². The van der Waals surface area contributed by atoms with Gasteiger partial charge in [-0.1, -0.05) is 20.3 Å². The van der Waals surface area contributed by atoms with Gasteiger partial charge in [0.2, 0.25) is 5.91 Å². The van der Waals surface area contributed by atoms with Gasteiger partial charge in [0.15, 0.2) is 0 Å². The highest BCUT2D eigenvalue weighted by molar-refractivity contribution is 5.83. The smallest absolute Gasteiger partial charge is 0.227 e. The Balaban J connectivity index is 2.73. The first-order valence-corrected chi connectivity index (χ1v) is 6.58. The van der Waals surface area contributed by atoms with Gasteiger partial charge in [0.25, 0.3) is 0 Å². The molecule has 0 radical (unpaired) electrons. The van der Waals surface area contributed by atoms with Crippen LogP contribution in [0.1, 0.15) is 60.8 Å². The predicted molar refractivity (Wildman–Crippen MR) is 71.6 cm³/mol. The second-order valence-electron chi connectivity index (χ2n) is 7.25. The maximum Gasteiger partial charge on any atom is 0.227 e. The highest BCUT2D eigenvalue weighted by Gasteiger charge is 2.43. The molecular weight excluding hydrogens is 212 g/mol. The second-order valence-corrected chi connectivity index (χ2v) is 7.25. The topological polar surface area (TPSA) is 55.1 Å². The van der Waals surface area contributed by atoms with E-state index >= 15 is 0 Å². The van der Waals surface area contributed by atoms with Crippen molar-refractivity contribution in [1.29, 1.82) is 0 Å². The summed E-state index contributed by atoms with van der Waals surface area (Å²) in [6, 6.07) is 0.289. The molecule has 1 fully saturated rings. The number of nitrogens with two attached hydrogens (primary N) is 1. The third kappa shape index (κ3) is 2.82. The zero-order valence-electron chi connectivity index (χ0n) is 12.2. The van der Waals surface area contributed by atoms with Gasteiger partial charge in [-0.15, -0.1) is 0 Å². The Morgan fingerprint density at radius 3 is 2.18 bits per heavy atom. The summed E-state index contributed by atoms with van der Waals surface area (Å²) in [5, 5.41) is 3.20. The molecule has 3 nitrogen and oxygen atoms in total. The van der Waals surface area contributed by atoms with Crippen LogP contribution in [0, 0.1) is 10.8 Å². The van der Waals surface area contributed by atoms with Crippen LogP contribution in [0.3, 0.4) is 0 Å². The van der Waals surface area contributed by atoms with E-state index in [1.54, 1.807) is 0 Å². The summed E-state index contributed by atoms with van der Waals surface area (Å²) < 4.78 is 0. The lowest BCUT2D eigenvalue weighted by atomic mass is 9.74. The SMILES string of the molecule is CC1(C)CCCC1NC(=O)C(C)(C)C(C)(C)N. The highest BCUT2D eigenvalue weighted by Crippen LogP contribution is 2.38. The molecule has 0 aliphatic heterocycles. The normalized spacial score (nSPS) is 24.8. The molecule has 0 aromatic heterocycles. The quantitative estimate of drug-likeness (QED) is 0.796. The molecule has 1 rings (SSSR count). The van der Waals surface area contributed by atoms with E-state index in [2.05, 4.69) is 19.2 Å². The average molecular weight is 240 g/mol. The molecule has 1 aliphatic carbocycles. The first-order valence-electron chi connectivity index (χ1n) is 6.58. The van der Waals surface area contributed by atoms with Crippen molar-refractivity contribution in [3.63, 3.8) is 0 Å². The van der Waals surface area contributed by atoms with Gasteiger partial charge in [0.05, 0.1) is 5.41 Å². The van der Waals surface area contributed by atoms with Gasteiger partial charge in [0, 0.05) is 11.6 Å². The van der Waals surface area contributed by atoms with Gasteiger partial charge in [0.1, 0.15) is 0 Å². The van der Waals surface area contributed by atoms with Crippen molar-refractivity contribution in [2.45, 2.75) is 72.4 Å². The zero-order valence-corrected chi connectivity index (χ0v) is 12.2. The molecule has 1 unspecified atom stereocenters. The maximum atomic E-state index is 12.4. The Morgan fingerprint density at radius 2 is 1.82 bits per heavy atom. The summed E-state index contributed by atoms with van der Waals surface area (Å²) >= 11 is 0. The number of rotatable bonds is 3.